The lowest BCUT2D eigenvalue weighted by Crippen LogP contribution is -2.45. The van der Waals surface area contributed by atoms with Crippen LogP contribution in [0.4, 0.5) is 9.18 Å². The van der Waals surface area contributed by atoms with Crippen LogP contribution in [-0.2, 0) is 16.1 Å². The van der Waals surface area contributed by atoms with Crippen molar-refractivity contribution in [2.45, 2.75) is 32.7 Å². The number of carbonyl (C=O) groups is 2. The summed E-state index contributed by atoms with van der Waals surface area (Å²) in [6.45, 7) is 3.80. The first-order valence-electron chi connectivity index (χ1n) is 14.9. The highest BCUT2D eigenvalue weighted by Gasteiger charge is 2.32. The van der Waals surface area contributed by atoms with E-state index in [9.17, 15) is 19.1 Å². The molecule has 4 N–H and O–H groups in total. The van der Waals surface area contributed by atoms with Crippen molar-refractivity contribution in [2.24, 2.45) is 5.10 Å². The minimum Gasteiger partial charge on any atom is -0.490 e. The summed E-state index contributed by atoms with van der Waals surface area (Å²) in [5.74, 6) is 0.362. The number of nitrogens with one attached hydrogen (secondary N) is 3. The Morgan fingerprint density at radius 1 is 1.02 bits per heavy atom. The lowest BCUT2D eigenvalue weighted by molar-refractivity contribution is -0.136. The van der Waals surface area contributed by atoms with E-state index in [2.05, 4.69) is 21.2 Å². The zero-order chi connectivity index (χ0) is 33.3. The second kappa shape index (κ2) is 15.1. The molecule has 2 amide bonds. The summed E-state index contributed by atoms with van der Waals surface area (Å²) >= 11 is 0. The van der Waals surface area contributed by atoms with Crippen LogP contribution in [0, 0.1) is 5.82 Å². The zero-order valence-corrected chi connectivity index (χ0v) is 26.1. The predicted molar refractivity (Wildman–Crippen MR) is 174 cm³/mol. The van der Waals surface area contributed by atoms with Crippen LogP contribution in [0.1, 0.15) is 36.6 Å². The van der Waals surface area contributed by atoms with Gasteiger partial charge >= 0.3 is 12.0 Å². The standard InChI is InChI=1S/C35H35FN4O7/c1-4-45-30-17-24(33-32(34(42)44-3)21(2)38-35(43)39-33)12-16-29(30)47-20-31(41)40-37-18-27-26-8-6-5-7-23(26)11-15-28(27)46-19-22-9-13-25(36)14-10-22/h5-18,31,33,40-41H,4,19-20H2,1-3H3,(H2,38,39,43)/b37-18+/t31-,33+/m0/s1. The van der Waals surface area contributed by atoms with Gasteiger partial charge in [0.25, 0.3) is 0 Å². The van der Waals surface area contributed by atoms with Crippen molar-refractivity contribution in [1.29, 1.82) is 0 Å². The highest BCUT2D eigenvalue weighted by Crippen LogP contribution is 2.35. The lowest BCUT2D eigenvalue weighted by atomic mass is 9.95. The first kappa shape index (κ1) is 32.8. The van der Waals surface area contributed by atoms with Gasteiger partial charge in [0.2, 0.25) is 0 Å². The number of hydrogen-bond acceptors (Lipinski definition) is 9. The van der Waals surface area contributed by atoms with Crippen LogP contribution >= 0.6 is 0 Å². The van der Waals surface area contributed by atoms with E-state index in [0.717, 1.165) is 16.3 Å². The maximum Gasteiger partial charge on any atom is 0.337 e. The van der Waals surface area contributed by atoms with Gasteiger partial charge in [-0.3, -0.25) is 5.43 Å². The molecule has 4 aromatic rings. The predicted octanol–water partition coefficient (Wildman–Crippen LogP) is 5.08. The molecule has 0 bridgehead atoms. The molecule has 0 aromatic heterocycles. The van der Waals surface area contributed by atoms with Crippen molar-refractivity contribution >= 4 is 29.0 Å². The normalized spacial score (nSPS) is 15.2. The lowest BCUT2D eigenvalue weighted by Gasteiger charge is -2.28. The van der Waals surface area contributed by atoms with Gasteiger partial charge in [-0.15, -0.1) is 0 Å². The molecule has 1 aliphatic rings. The molecular formula is C35H35FN4O7. The van der Waals surface area contributed by atoms with Crippen molar-refractivity contribution in [1.82, 2.24) is 16.1 Å². The van der Waals surface area contributed by atoms with Crippen LogP contribution in [0.25, 0.3) is 10.8 Å². The van der Waals surface area contributed by atoms with Crippen LogP contribution in [-0.4, -0.2) is 49.9 Å². The quantitative estimate of drug-likeness (QED) is 0.0686. The number of rotatable bonds is 13. The highest BCUT2D eigenvalue weighted by atomic mass is 19.1. The molecule has 1 heterocycles. The minimum atomic E-state index is -1.20. The first-order chi connectivity index (χ1) is 22.8. The molecule has 0 saturated heterocycles. The van der Waals surface area contributed by atoms with E-state index in [0.29, 0.717) is 40.7 Å². The molecule has 11 nitrogen and oxygen atoms in total. The van der Waals surface area contributed by atoms with Crippen molar-refractivity contribution in [3.05, 3.63) is 113 Å². The van der Waals surface area contributed by atoms with E-state index >= 15 is 0 Å². The number of ether oxygens (including phenoxy) is 4. The largest absolute Gasteiger partial charge is 0.490 e. The zero-order valence-electron chi connectivity index (χ0n) is 26.1. The topological polar surface area (TPSA) is 140 Å². The Hall–Kier alpha value is -5.62. The molecule has 1 aliphatic heterocycles. The fourth-order valence-corrected chi connectivity index (χ4v) is 5.09. The van der Waals surface area contributed by atoms with E-state index in [1.165, 1.54) is 19.2 Å². The molecule has 0 spiro atoms. The van der Waals surface area contributed by atoms with Crippen molar-refractivity contribution in [2.75, 3.05) is 20.3 Å². The second-order valence-corrected chi connectivity index (χ2v) is 10.5. The fourth-order valence-electron chi connectivity index (χ4n) is 5.09. The molecule has 0 aliphatic carbocycles. The van der Waals surface area contributed by atoms with Gasteiger partial charge in [-0.25, -0.2) is 14.0 Å². The first-order valence-corrected chi connectivity index (χ1v) is 14.9. The third-order valence-corrected chi connectivity index (χ3v) is 7.33. The Bertz CT molecular complexity index is 1810. The van der Waals surface area contributed by atoms with E-state index in [4.69, 9.17) is 18.9 Å². The number of halogens is 1. The molecule has 244 valence electrons. The van der Waals surface area contributed by atoms with E-state index in [-0.39, 0.29) is 24.6 Å². The minimum absolute atomic E-state index is 0.184. The molecule has 2 atom stereocenters. The molecular weight excluding hydrogens is 607 g/mol. The third-order valence-electron chi connectivity index (χ3n) is 7.33. The Labute approximate surface area is 271 Å². The highest BCUT2D eigenvalue weighted by molar-refractivity contribution is 6.02. The van der Waals surface area contributed by atoms with E-state index in [1.807, 2.05) is 43.3 Å². The van der Waals surface area contributed by atoms with Crippen LogP contribution in [0.5, 0.6) is 17.2 Å². The molecule has 12 heteroatoms. The number of aliphatic hydroxyl groups is 1. The molecule has 0 unspecified atom stereocenters. The summed E-state index contributed by atoms with van der Waals surface area (Å²) in [7, 11) is 1.27. The van der Waals surface area contributed by atoms with Crippen LogP contribution < -0.4 is 30.3 Å². The molecule has 47 heavy (non-hydrogen) atoms. The van der Waals surface area contributed by atoms with Crippen LogP contribution in [0.2, 0.25) is 0 Å². The third kappa shape index (κ3) is 7.97. The number of allylic oxidation sites excluding steroid dienone is 1. The van der Waals surface area contributed by atoms with Gasteiger partial charge in [0.1, 0.15) is 24.8 Å². The average Bonchev–Trinajstić information content (AvgIpc) is 3.07. The van der Waals surface area contributed by atoms with Gasteiger partial charge in [0, 0.05) is 11.3 Å². The summed E-state index contributed by atoms with van der Waals surface area (Å²) < 4.78 is 36.0. The van der Waals surface area contributed by atoms with Gasteiger partial charge in [0.05, 0.1) is 31.5 Å². The van der Waals surface area contributed by atoms with Gasteiger partial charge in [-0.1, -0.05) is 48.5 Å². The summed E-state index contributed by atoms with van der Waals surface area (Å²) in [6.07, 6.45) is 0.368. The number of methoxy groups -OCH3 is 1. The Kier molecular flexibility index (Phi) is 10.5. The van der Waals surface area contributed by atoms with Gasteiger partial charge in [-0.2, -0.15) is 5.10 Å². The Morgan fingerprint density at radius 3 is 2.55 bits per heavy atom. The summed E-state index contributed by atoms with van der Waals surface area (Å²) in [6, 6.07) is 21.4. The van der Waals surface area contributed by atoms with Crippen LogP contribution in [0.15, 0.2) is 95.2 Å². The average molecular weight is 643 g/mol. The summed E-state index contributed by atoms with van der Waals surface area (Å²) in [5.41, 5.74) is 5.39. The van der Waals surface area contributed by atoms with Gasteiger partial charge in [0.15, 0.2) is 17.7 Å². The maximum atomic E-state index is 13.3. The number of nitrogens with zero attached hydrogens (tertiary/aromatic N) is 1. The molecule has 0 fully saturated rings. The van der Waals surface area contributed by atoms with E-state index in [1.54, 1.807) is 43.5 Å². The SMILES string of the molecule is CCOc1cc([C@H]2NC(=O)NC(C)=C2C(=O)OC)ccc1OC[C@H](O)N/N=C/c1c(OCc2ccc(F)cc2)ccc2ccccc12. The number of carbonyl (C=O) groups excluding carboxylic acids is 2. The molecule has 4 aromatic carbocycles. The number of hydrazone groups is 1. The van der Waals surface area contributed by atoms with Crippen LogP contribution in [0.3, 0.4) is 0 Å². The molecule has 0 saturated carbocycles. The summed E-state index contributed by atoms with van der Waals surface area (Å²) in [4.78, 5) is 24.7. The second-order valence-electron chi connectivity index (χ2n) is 10.5. The number of aliphatic hydroxyl groups excluding tert-OH is 1. The number of hydrogen-bond donors (Lipinski definition) is 4. The monoisotopic (exact) mass is 642 g/mol. The fraction of sp³-hybridized carbons (Fsp3) is 0.229. The van der Waals surface area contributed by atoms with Gasteiger partial charge in [-0.05, 0) is 66.1 Å². The van der Waals surface area contributed by atoms with Crippen molar-refractivity contribution in [3.63, 3.8) is 0 Å². The molecule has 0 radical (unpaired) electrons. The smallest absolute Gasteiger partial charge is 0.337 e. The number of benzene rings is 4. The number of esters is 1. The Morgan fingerprint density at radius 2 is 1.79 bits per heavy atom. The Balaban J connectivity index is 1.28. The molecule has 5 rings (SSSR count). The summed E-state index contributed by atoms with van der Waals surface area (Å²) in [5, 5.41) is 22.1. The van der Waals surface area contributed by atoms with Crippen molar-refractivity contribution in [3.8, 4) is 17.2 Å². The van der Waals surface area contributed by atoms with E-state index < -0.39 is 24.3 Å². The number of urea groups is 1. The maximum absolute atomic E-state index is 13.3. The number of amides is 2. The van der Waals surface area contributed by atoms with Crippen molar-refractivity contribution < 1.29 is 38.0 Å². The van der Waals surface area contributed by atoms with Gasteiger partial charge < -0.3 is 34.7 Å². The number of fused-ring (bicyclic) bond motifs is 1.